The summed E-state index contributed by atoms with van der Waals surface area (Å²) in [5, 5.41) is 2.77. The van der Waals surface area contributed by atoms with Crippen LogP contribution in [0.1, 0.15) is 38.8 Å². The Balaban J connectivity index is 2.03. The molecule has 27 heavy (non-hydrogen) atoms. The molecular formula is C22H27FN2O2. The number of rotatable bonds is 6. The number of nitrogens with zero attached hydrogens (tertiary/aromatic N) is 1. The second-order valence-electron chi connectivity index (χ2n) is 7.56. The van der Waals surface area contributed by atoms with E-state index in [1.54, 1.807) is 23.1 Å². The maximum Gasteiger partial charge on any atom is 0.224 e. The summed E-state index contributed by atoms with van der Waals surface area (Å²) in [6.07, 6.45) is -0.0225. The Labute approximate surface area is 160 Å². The number of benzene rings is 2. The van der Waals surface area contributed by atoms with Gasteiger partial charge in [-0.3, -0.25) is 9.59 Å². The van der Waals surface area contributed by atoms with Gasteiger partial charge in [0, 0.05) is 25.7 Å². The van der Waals surface area contributed by atoms with Gasteiger partial charge in [0.15, 0.2) is 0 Å². The van der Waals surface area contributed by atoms with Gasteiger partial charge in [0.25, 0.3) is 0 Å². The Kier molecular flexibility index (Phi) is 6.72. The van der Waals surface area contributed by atoms with Crippen LogP contribution in [-0.4, -0.2) is 24.9 Å². The fraction of sp³-hybridized carbons (Fsp3) is 0.364. The van der Waals surface area contributed by atoms with Gasteiger partial charge in [0.2, 0.25) is 11.8 Å². The minimum atomic E-state index is -0.392. The molecular weight excluding hydrogens is 343 g/mol. The van der Waals surface area contributed by atoms with E-state index in [0.29, 0.717) is 18.7 Å². The average molecular weight is 370 g/mol. The summed E-state index contributed by atoms with van der Waals surface area (Å²) in [6, 6.07) is 14.0. The first kappa shape index (κ1) is 20.6. The molecule has 0 unspecified atom stereocenters. The number of para-hydroxylation sites is 1. The molecule has 0 heterocycles. The summed E-state index contributed by atoms with van der Waals surface area (Å²) in [5.74, 6) is -0.750. The molecule has 0 bridgehead atoms. The molecule has 0 fully saturated rings. The molecule has 0 aliphatic rings. The van der Waals surface area contributed by atoms with Gasteiger partial charge in [-0.2, -0.15) is 0 Å². The lowest BCUT2D eigenvalue weighted by Gasteiger charge is -2.29. The number of hydrogen-bond donors (Lipinski definition) is 1. The first-order valence-corrected chi connectivity index (χ1v) is 9.08. The van der Waals surface area contributed by atoms with Crippen molar-refractivity contribution < 1.29 is 14.0 Å². The van der Waals surface area contributed by atoms with Gasteiger partial charge in [-0.15, -0.1) is 0 Å². The summed E-state index contributed by atoms with van der Waals surface area (Å²) in [6.45, 7) is 8.46. The van der Waals surface area contributed by atoms with Crippen LogP contribution in [0, 0.1) is 5.82 Å². The molecule has 0 spiro atoms. The van der Waals surface area contributed by atoms with Crippen molar-refractivity contribution in [3.05, 3.63) is 65.5 Å². The lowest BCUT2D eigenvalue weighted by atomic mass is 9.85. The number of halogens is 1. The Morgan fingerprint density at radius 3 is 2.30 bits per heavy atom. The topological polar surface area (TPSA) is 49.4 Å². The Hall–Kier alpha value is -2.69. The number of carbonyl (C=O) groups excluding carboxylic acids is 2. The predicted octanol–water partition coefficient (Wildman–Crippen LogP) is 3.84. The van der Waals surface area contributed by atoms with Crippen LogP contribution < -0.4 is 10.2 Å². The molecule has 0 aromatic heterocycles. The largest absolute Gasteiger partial charge is 0.354 e. The quantitative estimate of drug-likeness (QED) is 0.840. The van der Waals surface area contributed by atoms with Crippen molar-refractivity contribution in [2.24, 2.45) is 0 Å². The van der Waals surface area contributed by atoms with Crippen LogP contribution in [0.5, 0.6) is 0 Å². The number of amides is 2. The predicted molar refractivity (Wildman–Crippen MR) is 106 cm³/mol. The first-order valence-electron chi connectivity index (χ1n) is 9.08. The van der Waals surface area contributed by atoms with Gasteiger partial charge >= 0.3 is 0 Å². The summed E-state index contributed by atoms with van der Waals surface area (Å²) in [4.78, 5) is 26.0. The van der Waals surface area contributed by atoms with E-state index in [-0.39, 0.29) is 23.7 Å². The Morgan fingerprint density at radius 2 is 1.67 bits per heavy atom. The van der Waals surface area contributed by atoms with Gasteiger partial charge in [-0.25, -0.2) is 4.39 Å². The maximum absolute atomic E-state index is 13.7. The van der Waals surface area contributed by atoms with E-state index in [1.165, 1.54) is 13.0 Å². The normalized spacial score (nSPS) is 11.1. The molecule has 2 aromatic rings. The lowest BCUT2D eigenvalue weighted by Crippen LogP contribution is -2.39. The average Bonchev–Trinajstić information content (AvgIpc) is 2.60. The van der Waals surface area contributed by atoms with Gasteiger partial charge in [-0.1, -0.05) is 57.2 Å². The molecule has 2 aromatic carbocycles. The Morgan fingerprint density at radius 1 is 1.04 bits per heavy atom. The van der Waals surface area contributed by atoms with Gasteiger partial charge in [0.05, 0.1) is 6.42 Å². The van der Waals surface area contributed by atoms with Crippen LogP contribution in [0.15, 0.2) is 48.5 Å². The minimum absolute atomic E-state index is 0.0225. The molecule has 2 rings (SSSR count). The number of hydrogen-bond acceptors (Lipinski definition) is 2. The van der Waals surface area contributed by atoms with E-state index in [1.807, 2.05) is 24.3 Å². The van der Waals surface area contributed by atoms with Gasteiger partial charge in [0.1, 0.15) is 5.82 Å². The van der Waals surface area contributed by atoms with Gasteiger partial charge < -0.3 is 10.2 Å². The van der Waals surface area contributed by atoms with E-state index >= 15 is 0 Å². The molecule has 0 aliphatic carbocycles. The third-order valence-electron chi connectivity index (χ3n) is 4.35. The third kappa shape index (κ3) is 5.64. The van der Waals surface area contributed by atoms with Crippen LogP contribution >= 0.6 is 0 Å². The zero-order valence-corrected chi connectivity index (χ0v) is 16.4. The van der Waals surface area contributed by atoms with E-state index < -0.39 is 5.82 Å². The summed E-state index contributed by atoms with van der Waals surface area (Å²) in [7, 11) is 0. The fourth-order valence-corrected chi connectivity index (χ4v) is 2.98. The van der Waals surface area contributed by atoms with E-state index in [9.17, 15) is 14.0 Å². The molecule has 0 atom stereocenters. The smallest absolute Gasteiger partial charge is 0.224 e. The van der Waals surface area contributed by atoms with Crippen LogP contribution in [0.4, 0.5) is 10.1 Å². The summed E-state index contributed by atoms with van der Waals surface area (Å²) < 4.78 is 13.7. The van der Waals surface area contributed by atoms with Crippen LogP contribution in [0.25, 0.3) is 0 Å². The highest BCUT2D eigenvalue weighted by Gasteiger charge is 2.22. The van der Waals surface area contributed by atoms with Crippen LogP contribution in [-0.2, 0) is 21.4 Å². The molecule has 4 nitrogen and oxygen atoms in total. The summed E-state index contributed by atoms with van der Waals surface area (Å²) in [5.41, 5.74) is 2.16. The number of carbonyl (C=O) groups is 2. The summed E-state index contributed by atoms with van der Waals surface area (Å²) >= 11 is 0. The van der Waals surface area contributed by atoms with Crippen molar-refractivity contribution in [2.75, 3.05) is 18.0 Å². The molecule has 0 saturated heterocycles. The molecule has 144 valence electrons. The SMILES string of the molecule is CC(=O)N(CCNC(=O)Cc1ccccc1F)c1ccccc1C(C)(C)C. The fourth-order valence-electron chi connectivity index (χ4n) is 2.98. The van der Waals surface area contributed by atoms with E-state index in [0.717, 1.165) is 11.3 Å². The van der Waals surface area contributed by atoms with Crippen LogP contribution in [0.3, 0.4) is 0 Å². The first-order chi connectivity index (χ1) is 12.7. The number of anilines is 1. The van der Waals surface area contributed by atoms with Crippen molar-refractivity contribution in [2.45, 2.75) is 39.5 Å². The van der Waals surface area contributed by atoms with E-state index in [2.05, 4.69) is 26.1 Å². The molecule has 0 aliphatic heterocycles. The number of nitrogens with one attached hydrogen (secondary N) is 1. The highest BCUT2D eigenvalue weighted by molar-refractivity contribution is 5.92. The minimum Gasteiger partial charge on any atom is -0.354 e. The molecule has 0 saturated carbocycles. The maximum atomic E-state index is 13.7. The standard InChI is InChI=1S/C22H27FN2O2/c1-16(26)25(20-12-8-6-10-18(20)22(2,3)4)14-13-24-21(27)15-17-9-5-7-11-19(17)23/h5-12H,13-15H2,1-4H3,(H,24,27). The van der Waals surface area contributed by atoms with Crippen molar-refractivity contribution in [3.8, 4) is 0 Å². The zero-order valence-electron chi connectivity index (χ0n) is 16.4. The highest BCUT2D eigenvalue weighted by Crippen LogP contribution is 2.31. The second kappa shape index (κ2) is 8.80. The van der Waals surface area contributed by atoms with Gasteiger partial charge in [-0.05, 0) is 28.7 Å². The Bertz CT molecular complexity index is 812. The molecule has 2 amide bonds. The monoisotopic (exact) mass is 370 g/mol. The zero-order chi connectivity index (χ0) is 20.0. The second-order valence-corrected chi connectivity index (χ2v) is 7.56. The van der Waals surface area contributed by atoms with Crippen molar-refractivity contribution in [3.63, 3.8) is 0 Å². The van der Waals surface area contributed by atoms with Crippen LogP contribution in [0.2, 0.25) is 0 Å². The molecule has 1 N–H and O–H groups in total. The van der Waals surface area contributed by atoms with Crippen molar-refractivity contribution >= 4 is 17.5 Å². The highest BCUT2D eigenvalue weighted by atomic mass is 19.1. The van der Waals surface area contributed by atoms with E-state index in [4.69, 9.17) is 0 Å². The van der Waals surface area contributed by atoms with Crippen molar-refractivity contribution in [1.29, 1.82) is 0 Å². The van der Waals surface area contributed by atoms with Crippen molar-refractivity contribution in [1.82, 2.24) is 5.32 Å². The lowest BCUT2D eigenvalue weighted by molar-refractivity contribution is -0.121. The molecule has 5 heteroatoms. The third-order valence-corrected chi connectivity index (χ3v) is 4.35. The molecule has 0 radical (unpaired) electrons.